The van der Waals surface area contributed by atoms with E-state index in [4.69, 9.17) is 0 Å². The number of rotatable bonds is 3. The second-order valence-corrected chi connectivity index (χ2v) is 7.13. The first kappa shape index (κ1) is 17.9. The van der Waals surface area contributed by atoms with Gasteiger partial charge in [-0.05, 0) is 37.3 Å². The molecule has 1 aromatic heterocycles. The number of aromatic nitrogens is 1. The van der Waals surface area contributed by atoms with Crippen LogP contribution in [-0.2, 0) is 16.2 Å². The number of hydrogen-bond donors (Lipinski definition) is 2. The van der Waals surface area contributed by atoms with E-state index < -0.39 is 27.6 Å². The van der Waals surface area contributed by atoms with Crippen molar-refractivity contribution in [1.29, 1.82) is 0 Å². The number of fused-ring (bicyclic) bond motifs is 1. The van der Waals surface area contributed by atoms with Crippen LogP contribution < -0.4 is 0 Å². The highest BCUT2D eigenvalue weighted by Crippen LogP contribution is 2.39. The Balaban J connectivity index is 2.02. The number of hydrogen-bond acceptors (Lipinski definition) is 4. The van der Waals surface area contributed by atoms with Crippen molar-refractivity contribution >= 4 is 26.6 Å². The number of aromatic amines is 1. The SMILES string of the molecule is Cc1ccc(S(=O)(=O)N=Nc2c(O)[nH]c3cc(C(F)(F)F)ccc23)cc1. The second-order valence-electron chi connectivity index (χ2n) is 5.55. The van der Waals surface area contributed by atoms with Crippen LogP contribution in [0.3, 0.4) is 0 Å². The van der Waals surface area contributed by atoms with Crippen LogP contribution in [0.1, 0.15) is 11.1 Å². The molecule has 0 bridgehead atoms. The summed E-state index contributed by atoms with van der Waals surface area (Å²) in [5, 5.41) is 13.5. The van der Waals surface area contributed by atoms with Gasteiger partial charge in [-0.25, -0.2) is 0 Å². The maximum Gasteiger partial charge on any atom is 0.416 e. The van der Waals surface area contributed by atoms with Crippen molar-refractivity contribution in [3.05, 3.63) is 53.6 Å². The van der Waals surface area contributed by atoms with E-state index in [0.29, 0.717) is 0 Å². The fraction of sp³-hybridized carbons (Fsp3) is 0.125. The number of nitrogens with one attached hydrogen (secondary N) is 1. The zero-order valence-corrected chi connectivity index (χ0v) is 14.1. The van der Waals surface area contributed by atoms with Crippen LogP contribution in [0.15, 0.2) is 57.0 Å². The summed E-state index contributed by atoms with van der Waals surface area (Å²) in [5.74, 6) is -0.581. The van der Waals surface area contributed by atoms with Gasteiger partial charge in [0.05, 0.1) is 16.0 Å². The summed E-state index contributed by atoms with van der Waals surface area (Å²) in [6.07, 6.45) is -4.55. The fourth-order valence-electron chi connectivity index (χ4n) is 2.30. The predicted molar refractivity (Wildman–Crippen MR) is 87.8 cm³/mol. The molecule has 0 spiro atoms. The van der Waals surface area contributed by atoms with Gasteiger partial charge in [-0.2, -0.15) is 21.6 Å². The Hall–Kier alpha value is -2.88. The first-order valence-electron chi connectivity index (χ1n) is 7.24. The van der Waals surface area contributed by atoms with E-state index in [2.05, 4.69) is 14.6 Å². The summed E-state index contributed by atoms with van der Waals surface area (Å²) < 4.78 is 65.9. The molecule has 2 aromatic carbocycles. The molecule has 0 radical (unpaired) electrons. The monoisotopic (exact) mass is 383 g/mol. The molecule has 0 aliphatic rings. The van der Waals surface area contributed by atoms with E-state index in [1.807, 2.05) is 0 Å². The van der Waals surface area contributed by atoms with Gasteiger partial charge in [-0.15, -0.1) is 5.11 Å². The van der Waals surface area contributed by atoms with Gasteiger partial charge in [-0.3, -0.25) is 0 Å². The normalized spacial score (nSPS) is 12.9. The smallest absolute Gasteiger partial charge is 0.416 e. The molecular weight excluding hydrogens is 371 g/mol. The zero-order valence-electron chi connectivity index (χ0n) is 13.2. The van der Waals surface area contributed by atoms with Gasteiger partial charge in [0.15, 0.2) is 5.69 Å². The summed E-state index contributed by atoms with van der Waals surface area (Å²) in [4.78, 5) is 2.24. The number of sulfonamides is 1. The molecule has 26 heavy (non-hydrogen) atoms. The number of alkyl halides is 3. The van der Waals surface area contributed by atoms with Crippen molar-refractivity contribution in [1.82, 2.24) is 4.98 Å². The second kappa shape index (κ2) is 6.13. The standard InChI is InChI=1S/C16H12F3N3O3S/c1-9-2-5-11(6-3-9)26(24,25)22-21-14-12-7-4-10(16(17,18)19)8-13(12)20-15(14)23/h2-8,20,23H,1H3. The molecule has 3 rings (SSSR count). The van der Waals surface area contributed by atoms with Crippen LogP contribution in [0.2, 0.25) is 0 Å². The van der Waals surface area contributed by atoms with Crippen molar-refractivity contribution in [3.63, 3.8) is 0 Å². The number of aromatic hydroxyl groups is 1. The van der Waals surface area contributed by atoms with Crippen molar-refractivity contribution < 1.29 is 26.7 Å². The molecule has 1 heterocycles. The minimum absolute atomic E-state index is 0.0426. The fourth-order valence-corrected chi connectivity index (χ4v) is 3.06. The van der Waals surface area contributed by atoms with Crippen LogP contribution in [0.5, 0.6) is 5.88 Å². The molecule has 136 valence electrons. The minimum atomic E-state index is -4.55. The molecule has 6 nitrogen and oxygen atoms in total. The number of benzene rings is 2. The minimum Gasteiger partial charge on any atom is -0.493 e. The summed E-state index contributed by atoms with van der Waals surface area (Å²) >= 11 is 0. The average Bonchev–Trinajstić information content (AvgIpc) is 2.87. The molecule has 0 amide bonds. The molecule has 10 heteroatoms. The molecule has 3 aromatic rings. The molecule has 0 saturated carbocycles. The third-order valence-electron chi connectivity index (χ3n) is 3.65. The number of nitrogens with zero attached hydrogens (tertiary/aromatic N) is 2. The van der Waals surface area contributed by atoms with Gasteiger partial charge in [0, 0.05) is 5.39 Å². The maximum absolute atomic E-state index is 12.7. The first-order chi connectivity index (χ1) is 12.1. The van der Waals surface area contributed by atoms with Crippen LogP contribution in [0.25, 0.3) is 10.9 Å². The number of halogens is 3. The van der Waals surface area contributed by atoms with E-state index in [9.17, 15) is 26.7 Å². The van der Waals surface area contributed by atoms with Crippen molar-refractivity contribution in [2.24, 2.45) is 9.63 Å². The third kappa shape index (κ3) is 3.40. The summed E-state index contributed by atoms with van der Waals surface area (Å²) in [5.41, 5.74) is -0.360. The summed E-state index contributed by atoms with van der Waals surface area (Å²) in [6, 6.07) is 8.57. The maximum atomic E-state index is 12.7. The van der Waals surface area contributed by atoms with Gasteiger partial charge in [0.2, 0.25) is 5.88 Å². The lowest BCUT2D eigenvalue weighted by molar-refractivity contribution is -0.137. The molecule has 0 saturated heterocycles. The molecule has 0 unspecified atom stereocenters. The predicted octanol–water partition coefficient (Wildman–Crippen LogP) is 4.67. The lowest BCUT2D eigenvalue weighted by Crippen LogP contribution is -2.03. The van der Waals surface area contributed by atoms with E-state index in [1.165, 1.54) is 12.1 Å². The van der Waals surface area contributed by atoms with Gasteiger partial charge < -0.3 is 10.1 Å². The lowest BCUT2D eigenvalue weighted by atomic mass is 10.1. The first-order valence-corrected chi connectivity index (χ1v) is 8.68. The zero-order chi connectivity index (χ0) is 19.1. The van der Waals surface area contributed by atoms with Crippen molar-refractivity contribution in [3.8, 4) is 5.88 Å². The summed E-state index contributed by atoms with van der Waals surface area (Å²) in [6.45, 7) is 1.79. The van der Waals surface area contributed by atoms with Crippen LogP contribution >= 0.6 is 0 Å². The Labute approximate surface area is 146 Å². The van der Waals surface area contributed by atoms with E-state index in [-0.39, 0.29) is 21.5 Å². The molecule has 0 fully saturated rings. The van der Waals surface area contributed by atoms with Crippen LogP contribution in [-0.4, -0.2) is 18.5 Å². The topological polar surface area (TPSA) is 94.9 Å². The molecule has 2 N–H and O–H groups in total. The highest BCUT2D eigenvalue weighted by molar-refractivity contribution is 7.90. The Morgan fingerprint density at radius 3 is 2.35 bits per heavy atom. The Bertz CT molecular complexity index is 1100. The van der Waals surface area contributed by atoms with E-state index in [0.717, 1.165) is 23.8 Å². The Kier molecular flexibility index (Phi) is 4.23. The quantitative estimate of drug-likeness (QED) is 0.643. The highest BCUT2D eigenvalue weighted by atomic mass is 32.2. The highest BCUT2D eigenvalue weighted by Gasteiger charge is 2.31. The molecule has 0 aliphatic heterocycles. The van der Waals surface area contributed by atoms with E-state index >= 15 is 0 Å². The Morgan fingerprint density at radius 1 is 1.08 bits per heavy atom. The van der Waals surface area contributed by atoms with E-state index in [1.54, 1.807) is 19.1 Å². The van der Waals surface area contributed by atoms with Crippen molar-refractivity contribution in [2.45, 2.75) is 18.0 Å². The molecular formula is C16H12F3N3O3S. The summed E-state index contributed by atoms with van der Waals surface area (Å²) in [7, 11) is -4.12. The number of H-pyrrole nitrogens is 1. The van der Waals surface area contributed by atoms with Gasteiger partial charge in [0.1, 0.15) is 0 Å². The lowest BCUT2D eigenvalue weighted by Gasteiger charge is -2.05. The molecule has 0 aliphatic carbocycles. The van der Waals surface area contributed by atoms with Crippen LogP contribution in [0.4, 0.5) is 18.9 Å². The average molecular weight is 383 g/mol. The molecule has 0 atom stereocenters. The van der Waals surface area contributed by atoms with Gasteiger partial charge >= 0.3 is 6.18 Å². The largest absolute Gasteiger partial charge is 0.493 e. The third-order valence-corrected chi connectivity index (χ3v) is 4.81. The van der Waals surface area contributed by atoms with Gasteiger partial charge in [-0.1, -0.05) is 22.2 Å². The number of aryl methyl sites for hydroxylation is 1. The van der Waals surface area contributed by atoms with Crippen molar-refractivity contribution in [2.75, 3.05) is 0 Å². The van der Waals surface area contributed by atoms with Crippen LogP contribution in [0, 0.1) is 6.92 Å². The van der Waals surface area contributed by atoms with Gasteiger partial charge in [0.25, 0.3) is 10.0 Å². The Morgan fingerprint density at radius 2 is 1.73 bits per heavy atom.